The second-order valence-corrected chi connectivity index (χ2v) is 9.18. The van der Waals surface area contributed by atoms with Crippen molar-refractivity contribution in [1.82, 2.24) is 9.97 Å². The van der Waals surface area contributed by atoms with Crippen molar-refractivity contribution in [3.8, 4) is 23.0 Å². The van der Waals surface area contributed by atoms with Gasteiger partial charge in [-0.25, -0.2) is 0 Å². The number of aldehydes is 4. The van der Waals surface area contributed by atoms with Gasteiger partial charge >= 0.3 is 54.6 Å². The van der Waals surface area contributed by atoms with Gasteiger partial charge in [0.25, 0.3) is 0 Å². The van der Waals surface area contributed by atoms with Crippen LogP contribution in [-0.2, 0) is 54.6 Å². The summed E-state index contributed by atoms with van der Waals surface area (Å²) in [5.74, 6) is -0.861. The van der Waals surface area contributed by atoms with Gasteiger partial charge in [0.1, 0.15) is 25.1 Å². The number of rotatable bonds is 4. The van der Waals surface area contributed by atoms with Crippen LogP contribution in [-0.4, -0.2) is 35.1 Å². The summed E-state index contributed by atoms with van der Waals surface area (Å²) in [6.45, 7) is 0. The standard InChI is InChI=1S/4C7H6O2.2C5H6N2.2Cd/c4*8-5-6-3-1-2-4-7(6)9;2*6-5-1-3-7-4-2-5;;/h4*1-5,9H;2*1-4H,(H2,6,7);;/q;;;;;;2*+2/p-4. The Balaban J connectivity index is 0. The molecule has 52 heavy (non-hydrogen) atoms. The van der Waals surface area contributed by atoms with E-state index in [2.05, 4.69) is 9.97 Å². The molecule has 2 aromatic heterocycles. The van der Waals surface area contributed by atoms with Crippen molar-refractivity contribution < 1.29 is 94.2 Å². The summed E-state index contributed by atoms with van der Waals surface area (Å²) in [5, 5.41) is 42.5. The number of hydrogen-bond donors (Lipinski definition) is 2. The number of aromatic nitrogens is 2. The number of benzene rings is 4. The van der Waals surface area contributed by atoms with Gasteiger partial charge in [-0.1, -0.05) is 120 Å². The van der Waals surface area contributed by atoms with Crippen LogP contribution in [0.15, 0.2) is 146 Å². The topological polar surface area (TPSA) is 238 Å². The molecule has 0 aliphatic heterocycles. The molecule has 0 spiro atoms. The van der Waals surface area contributed by atoms with Crippen molar-refractivity contribution in [2.45, 2.75) is 0 Å². The number of pyridine rings is 2. The first-order chi connectivity index (χ1) is 24.2. The Morgan fingerprint density at radius 3 is 0.673 bits per heavy atom. The first-order valence-corrected chi connectivity index (χ1v) is 14.3. The first kappa shape index (κ1) is 48.6. The summed E-state index contributed by atoms with van der Waals surface area (Å²) in [6, 6.07) is 31.5. The van der Waals surface area contributed by atoms with Crippen LogP contribution in [0.1, 0.15) is 41.4 Å². The van der Waals surface area contributed by atoms with Gasteiger partial charge in [0.2, 0.25) is 0 Å². The molecule has 6 aromatic rings. The number of nitrogens with zero attached hydrogens (tertiary/aromatic N) is 2. The summed E-state index contributed by atoms with van der Waals surface area (Å²) >= 11 is 0. The quantitative estimate of drug-likeness (QED) is 0.191. The van der Waals surface area contributed by atoms with Crippen LogP contribution in [0.3, 0.4) is 0 Å². The molecule has 256 valence electrons. The Kier molecular flexibility index (Phi) is 28.4. The van der Waals surface area contributed by atoms with Crippen LogP contribution >= 0.6 is 0 Å². The maximum absolute atomic E-state index is 10.6. The molecule has 0 saturated heterocycles. The van der Waals surface area contributed by atoms with Crippen molar-refractivity contribution in [2.75, 3.05) is 11.5 Å². The molecule has 0 amide bonds. The van der Waals surface area contributed by atoms with Crippen molar-refractivity contribution >= 4 is 36.5 Å². The van der Waals surface area contributed by atoms with Crippen LogP contribution in [0.5, 0.6) is 23.0 Å². The van der Waals surface area contributed by atoms with Crippen LogP contribution in [0.4, 0.5) is 11.4 Å². The Labute approximate surface area is 341 Å². The van der Waals surface area contributed by atoms with Crippen molar-refractivity contribution in [2.24, 2.45) is 0 Å². The summed E-state index contributed by atoms with van der Waals surface area (Å²) in [6.07, 6.45) is 8.88. The fraction of sp³-hybridized carbons (Fsp3) is 0. The maximum atomic E-state index is 10.6. The minimum Gasteiger partial charge on any atom is -0.872 e. The van der Waals surface area contributed by atoms with Crippen LogP contribution < -0.4 is 31.9 Å². The third-order valence-corrected chi connectivity index (χ3v) is 5.60. The minimum absolute atomic E-state index is 0. The maximum Gasteiger partial charge on any atom is 2.00 e. The van der Waals surface area contributed by atoms with E-state index in [1.54, 1.807) is 97.6 Å². The van der Waals surface area contributed by atoms with E-state index in [9.17, 15) is 39.6 Å². The second-order valence-electron chi connectivity index (χ2n) is 9.18. The molecule has 0 aliphatic carbocycles. The zero-order valence-corrected chi connectivity index (χ0v) is 36.0. The zero-order chi connectivity index (χ0) is 37.0. The molecule has 0 unspecified atom stereocenters. The molecule has 0 atom stereocenters. The normalized spacial score (nSPS) is 8.46. The van der Waals surface area contributed by atoms with Gasteiger partial charge in [-0.15, -0.1) is 0 Å². The molecular weight excluding hydrogens is 865 g/mol. The van der Waals surface area contributed by atoms with E-state index >= 15 is 0 Å². The number of nitrogens with two attached hydrogens (primary N) is 2. The number of hydrogen-bond acceptors (Lipinski definition) is 12. The Morgan fingerprint density at radius 2 is 0.558 bits per heavy atom. The zero-order valence-electron chi connectivity index (χ0n) is 27.9. The average Bonchev–Trinajstić information content (AvgIpc) is 3.14. The molecule has 0 radical (unpaired) electrons. The predicted molar refractivity (Wildman–Crippen MR) is 182 cm³/mol. The molecule has 6 rings (SSSR count). The van der Waals surface area contributed by atoms with E-state index in [4.69, 9.17) is 11.5 Å². The van der Waals surface area contributed by atoms with E-state index in [0.717, 1.165) is 11.4 Å². The molecular formula is C38H32Cd2N4O8. The Hall–Kier alpha value is -5.50. The summed E-state index contributed by atoms with van der Waals surface area (Å²) in [7, 11) is 0. The summed E-state index contributed by atoms with van der Waals surface area (Å²) in [4.78, 5) is 47.6. The number of para-hydroxylation sites is 4. The fourth-order valence-corrected chi connectivity index (χ4v) is 3.04. The fourth-order valence-electron chi connectivity index (χ4n) is 3.04. The molecule has 4 aromatic carbocycles. The van der Waals surface area contributed by atoms with Crippen molar-refractivity contribution in [3.05, 3.63) is 168 Å². The van der Waals surface area contributed by atoms with Crippen LogP contribution in [0, 0.1) is 0 Å². The van der Waals surface area contributed by atoms with E-state index in [-0.39, 0.29) is 99.8 Å². The number of anilines is 2. The number of nitrogen functional groups attached to an aromatic ring is 2. The van der Waals surface area contributed by atoms with E-state index < -0.39 is 0 Å². The van der Waals surface area contributed by atoms with Gasteiger partial charge in [0.15, 0.2) is 0 Å². The number of carbonyl (C=O) groups is 4. The Morgan fingerprint density at radius 1 is 0.365 bits per heavy atom. The van der Waals surface area contributed by atoms with Crippen LogP contribution in [0.2, 0.25) is 0 Å². The van der Waals surface area contributed by atoms with Gasteiger partial charge in [0, 0.05) is 58.4 Å². The monoisotopic (exact) mass is 900 g/mol. The van der Waals surface area contributed by atoms with Gasteiger partial charge in [0.05, 0.1) is 0 Å². The average molecular weight is 898 g/mol. The van der Waals surface area contributed by atoms with Gasteiger partial charge in [-0.2, -0.15) is 0 Å². The predicted octanol–water partition coefficient (Wildman–Crippen LogP) is 3.61. The Bertz CT molecular complexity index is 1630. The molecule has 0 bridgehead atoms. The molecule has 4 N–H and O–H groups in total. The molecule has 0 fully saturated rings. The van der Waals surface area contributed by atoms with Crippen LogP contribution in [0.25, 0.3) is 0 Å². The minimum atomic E-state index is -0.215. The van der Waals surface area contributed by atoms with Gasteiger partial charge in [-0.3, -0.25) is 29.1 Å². The number of carbonyl (C=O) groups excluding carboxylic acids is 4. The van der Waals surface area contributed by atoms with Crippen molar-refractivity contribution in [3.63, 3.8) is 0 Å². The van der Waals surface area contributed by atoms with Crippen molar-refractivity contribution in [1.29, 1.82) is 0 Å². The third kappa shape index (κ3) is 21.6. The smallest absolute Gasteiger partial charge is 0.872 e. The molecule has 0 saturated carbocycles. The summed E-state index contributed by atoms with van der Waals surface area (Å²) in [5.41, 5.74) is 13.0. The SMILES string of the molecule is Nc1ccncc1.Nc1ccncc1.O=Cc1ccccc1[O-].O=Cc1ccccc1[O-].O=Cc1ccccc1[O-].O=Cc1ccccc1[O-].[Cd+2].[Cd+2]. The second kappa shape index (κ2) is 30.3. The molecule has 14 heteroatoms. The van der Waals surface area contributed by atoms with E-state index in [1.165, 1.54) is 48.5 Å². The molecule has 12 nitrogen and oxygen atoms in total. The molecule has 0 aliphatic rings. The van der Waals surface area contributed by atoms with E-state index in [1.807, 2.05) is 0 Å². The molecule has 2 heterocycles. The first-order valence-electron chi connectivity index (χ1n) is 14.3. The third-order valence-electron chi connectivity index (χ3n) is 5.60. The van der Waals surface area contributed by atoms with E-state index in [0.29, 0.717) is 25.1 Å². The van der Waals surface area contributed by atoms with Gasteiger partial charge in [-0.05, 0) is 24.3 Å². The summed E-state index contributed by atoms with van der Waals surface area (Å²) < 4.78 is 0. The largest absolute Gasteiger partial charge is 2.00 e. The van der Waals surface area contributed by atoms with Gasteiger partial charge < -0.3 is 31.9 Å².